The van der Waals surface area contributed by atoms with Crippen molar-refractivity contribution in [2.45, 2.75) is 105 Å². The van der Waals surface area contributed by atoms with Crippen LogP contribution in [0.4, 0.5) is 0 Å². The Morgan fingerprint density at radius 2 is 1.57 bits per heavy atom. The Balaban J connectivity index is 1.07. The summed E-state index contributed by atoms with van der Waals surface area (Å²) in [6.45, 7) is 15.5. The molecule has 1 heterocycles. The highest BCUT2D eigenvalue weighted by molar-refractivity contribution is 7.91. The number of carboxylic acid groups (broad SMARTS) is 1. The molecule has 5 fully saturated rings. The molecule has 4 saturated carbocycles. The minimum Gasteiger partial charge on any atom is -0.478 e. The molecule has 1 aliphatic heterocycles. The molecule has 2 N–H and O–H groups in total. The number of nitrogens with zero attached hydrogens (tertiary/aromatic N) is 1. The molecule has 0 radical (unpaired) electrons. The van der Waals surface area contributed by atoms with Gasteiger partial charge >= 0.3 is 5.97 Å². The third-order valence-electron chi connectivity index (χ3n) is 16.2. The zero-order chi connectivity index (χ0) is 35.0. The molecule has 1 saturated heterocycles. The number of sulfone groups is 1. The van der Waals surface area contributed by atoms with Gasteiger partial charge in [-0.3, -0.25) is 4.79 Å². The summed E-state index contributed by atoms with van der Waals surface area (Å²) in [6, 6.07) is 7.52. The number of fused-ring (bicyclic) bond motifs is 7. The van der Waals surface area contributed by atoms with Crippen molar-refractivity contribution in [2.24, 2.45) is 50.7 Å². The van der Waals surface area contributed by atoms with E-state index < -0.39 is 15.8 Å². The summed E-state index contributed by atoms with van der Waals surface area (Å²) in [4.78, 5) is 27.9. The normalized spacial score (nSPS) is 41.0. The second-order valence-electron chi connectivity index (χ2n) is 18.4. The van der Waals surface area contributed by atoms with E-state index in [9.17, 15) is 23.1 Å². The standard InChI is InChI=1S/C41H60N2O5S/c1-37(2)30(28-9-11-29(12-10-28)35(44)45)15-18-38(3)33(37)16-19-40(5)34(38)14-13-31-32-8-6-17-41(32,21-20-39(31,40)4)36(46)42-22-7-23-43-24-26-49(47,48)27-25-43/h9-12,15,31-34H,6-8,13-14,16-27H2,1-5H3,(H,42,46)(H,44,45)/t31?,32-,33?,34?,38?,39-,40?,41?/m1/s1. The highest BCUT2D eigenvalue weighted by Gasteiger charge is 2.70. The number of hydrogen-bond acceptors (Lipinski definition) is 5. The first-order chi connectivity index (χ1) is 23.1. The van der Waals surface area contributed by atoms with Gasteiger partial charge in [0, 0.05) is 19.6 Å². The Bertz CT molecular complexity index is 1600. The number of aromatic carboxylic acids is 1. The summed E-state index contributed by atoms with van der Waals surface area (Å²) in [6.07, 6.45) is 14.9. The molecule has 1 aromatic rings. The maximum Gasteiger partial charge on any atom is 0.335 e. The Morgan fingerprint density at radius 3 is 2.27 bits per heavy atom. The summed E-state index contributed by atoms with van der Waals surface area (Å²) in [5, 5.41) is 12.9. The highest BCUT2D eigenvalue weighted by atomic mass is 32.2. The Morgan fingerprint density at radius 1 is 0.857 bits per heavy atom. The van der Waals surface area contributed by atoms with Crippen LogP contribution in [0.25, 0.3) is 5.57 Å². The van der Waals surface area contributed by atoms with E-state index in [4.69, 9.17) is 0 Å². The van der Waals surface area contributed by atoms with Gasteiger partial charge in [0.25, 0.3) is 0 Å². The third kappa shape index (κ3) is 5.47. The van der Waals surface area contributed by atoms with Crippen LogP contribution in [-0.2, 0) is 14.6 Å². The fraction of sp³-hybridized carbons (Fsp3) is 0.756. The summed E-state index contributed by atoms with van der Waals surface area (Å²) < 4.78 is 23.6. The first-order valence-electron chi connectivity index (χ1n) is 19.3. The molecular formula is C41H60N2O5S. The van der Waals surface area contributed by atoms with Gasteiger partial charge in [-0.25, -0.2) is 13.2 Å². The van der Waals surface area contributed by atoms with Gasteiger partial charge in [-0.1, -0.05) is 59.2 Å². The van der Waals surface area contributed by atoms with Crippen LogP contribution in [0.5, 0.6) is 0 Å². The van der Waals surface area contributed by atoms with Crippen LogP contribution in [0.15, 0.2) is 30.3 Å². The van der Waals surface area contributed by atoms with Crippen molar-refractivity contribution in [3.8, 4) is 0 Å². The average Bonchev–Trinajstić information content (AvgIpc) is 3.49. The largest absolute Gasteiger partial charge is 0.478 e. The van der Waals surface area contributed by atoms with E-state index >= 15 is 0 Å². The number of carbonyl (C=O) groups is 2. The van der Waals surface area contributed by atoms with Crippen molar-refractivity contribution in [3.05, 3.63) is 41.5 Å². The predicted molar refractivity (Wildman–Crippen MR) is 195 cm³/mol. The number of carboxylic acids is 1. The lowest BCUT2D eigenvalue weighted by atomic mass is 9.32. The molecule has 0 bridgehead atoms. The van der Waals surface area contributed by atoms with Crippen LogP contribution in [0.3, 0.4) is 0 Å². The number of nitrogens with one attached hydrogen (secondary N) is 1. The van der Waals surface area contributed by atoms with Crippen LogP contribution in [-0.4, -0.2) is 68.0 Å². The minimum atomic E-state index is -2.87. The van der Waals surface area contributed by atoms with Gasteiger partial charge in [-0.15, -0.1) is 0 Å². The van der Waals surface area contributed by atoms with Gasteiger partial charge in [-0.05, 0) is 139 Å². The summed E-state index contributed by atoms with van der Waals surface area (Å²) in [7, 11) is -2.87. The topological polar surface area (TPSA) is 104 Å². The molecule has 6 unspecified atom stereocenters. The molecule has 8 heteroatoms. The molecule has 49 heavy (non-hydrogen) atoms. The van der Waals surface area contributed by atoms with Crippen molar-refractivity contribution >= 4 is 27.3 Å². The van der Waals surface area contributed by atoms with E-state index in [-0.39, 0.29) is 38.6 Å². The highest BCUT2D eigenvalue weighted by Crippen LogP contribution is 2.77. The van der Waals surface area contributed by atoms with E-state index in [1.54, 1.807) is 12.1 Å². The smallest absolute Gasteiger partial charge is 0.335 e. The van der Waals surface area contributed by atoms with Gasteiger partial charge in [0.05, 0.1) is 22.5 Å². The van der Waals surface area contributed by atoms with Crippen LogP contribution >= 0.6 is 0 Å². The number of allylic oxidation sites excluding steroid dienone is 2. The van der Waals surface area contributed by atoms with Crippen molar-refractivity contribution < 1.29 is 23.1 Å². The van der Waals surface area contributed by atoms with E-state index in [0.717, 1.165) is 50.6 Å². The van der Waals surface area contributed by atoms with Crippen LogP contribution in [0, 0.1) is 50.7 Å². The second kappa shape index (κ2) is 12.2. The SMILES string of the molecule is CC1(C)C(c2ccc(C(=O)O)cc2)=CCC2(C)C1CCC1(C)C2CCC2[C@H]3CCCC3(C(=O)NCCCN3CCS(=O)(=O)CC3)CC[C@]21C. The van der Waals surface area contributed by atoms with Gasteiger partial charge in [0.2, 0.25) is 5.91 Å². The van der Waals surface area contributed by atoms with E-state index in [0.29, 0.717) is 54.8 Å². The summed E-state index contributed by atoms with van der Waals surface area (Å²) in [5.41, 5.74) is 3.30. The maximum absolute atomic E-state index is 14.1. The molecule has 6 aliphatic rings. The lowest BCUT2D eigenvalue weighted by molar-refractivity contribution is -0.222. The molecule has 5 aliphatic carbocycles. The Kier molecular flexibility index (Phi) is 8.77. The van der Waals surface area contributed by atoms with Crippen molar-refractivity contribution in [1.82, 2.24) is 10.2 Å². The first-order valence-corrected chi connectivity index (χ1v) is 21.2. The zero-order valence-electron chi connectivity index (χ0n) is 30.7. The minimum absolute atomic E-state index is 0.00616. The van der Waals surface area contributed by atoms with E-state index in [1.807, 2.05) is 12.1 Å². The average molecular weight is 693 g/mol. The van der Waals surface area contributed by atoms with Gasteiger partial charge in [0.1, 0.15) is 0 Å². The van der Waals surface area contributed by atoms with Crippen molar-refractivity contribution in [1.29, 1.82) is 0 Å². The molecule has 7 rings (SSSR count). The number of hydrogen-bond donors (Lipinski definition) is 2. The number of benzene rings is 1. The van der Waals surface area contributed by atoms with Crippen molar-refractivity contribution in [2.75, 3.05) is 37.7 Å². The van der Waals surface area contributed by atoms with Crippen LogP contribution < -0.4 is 5.32 Å². The maximum atomic E-state index is 14.1. The summed E-state index contributed by atoms with van der Waals surface area (Å²) >= 11 is 0. The second-order valence-corrected chi connectivity index (χ2v) is 20.7. The molecule has 1 amide bonds. The van der Waals surface area contributed by atoms with Crippen LogP contribution in [0.2, 0.25) is 0 Å². The lowest BCUT2D eigenvalue weighted by Gasteiger charge is -2.72. The third-order valence-corrected chi connectivity index (χ3v) is 17.8. The monoisotopic (exact) mass is 692 g/mol. The zero-order valence-corrected chi connectivity index (χ0v) is 31.5. The first kappa shape index (κ1) is 35.2. The number of rotatable bonds is 7. The lowest BCUT2D eigenvalue weighted by Crippen LogP contribution is -2.65. The Hall–Kier alpha value is -2.19. The van der Waals surface area contributed by atoms with E-state index in [1.165, 1.54) is 37.7 Å². The fourth-order valence-electron chi connectivity index (χ4n) is 13.5. The molecule has 0 spiro atoms. The van der Waals surface area contributed by atoms with Gasteiger partial charge in [-0.2, -0.15) is 0 Å². The number of carbonyl (C=O) groups excluding carboxylic acids is 1. The number of amides is 1. The van der Waals surface area contributed by atoms with E-state index in [2.05, 4.69) is 50.9 Å². The molecule has 8 atom stereocenters. The van der Waals surface area contributed by atoms with Gasteiger partial charge < -0.3 is 15.3 Å². The quantitative estimate of drug-likeness (QED) is 0.288. The molecule has 7 nitrogen and oxygen atoms in total. The van der Waals surface area contributed by atoms with Crippen molar-refractivity contribution in [3.63, 3.8) is 0 Å². The fourth-order valence-corrected chi connectivity index (χ4v) is 14.8. The molecule has 270 valence electrons. The van der Waals surface area contributed by atoms with Crippen LogP contribution in [0.1, 0.15) is 121 Å². The Labute approximate surface area is 295 Å². The molecule has 0 aromatic heterocycles. The summed E-state index contributed by atoms with van der Waals surface area (Å²) in [5.74, 6) is 2.17. The molecule has 1 aromatic carbocycles. The molecular weight excluding hydrogens is 633 g/mol. The predicted octanol–water partition coefficient (Wildman–Crippen LogP) is 7.47. The van der Waals surface area contributed by atoms with Gasteiger partial charge in [0.15, 0.2) is 9.84 Å².